The molecule has 6 aromatic rings. The van der Waals surface area contributed by atoms with Gasteiger partial charge in [-0.05, 0) is 182 Å². The molecule has 0 unspecified atom stereocenters. The second-order valence-electron chi connectivity index (χ2n) is 18.9. The summed E-state index contributed by atoms with van der Waals surface area (Å²) in [6, 6.07) is 27.5. The van der Waals surface area contributed by atoms with Gasteiger partial charge in [-0.15, -0.1) is 0 Å². The van der Waals surface area contributed by atoms with Gasteiger partial charge in [0.05, 0.1) is 39.2 Å². The van der Waals surface area contributed by atoms with E-state index >= 15 is 0 Å². The normalized spacial score (nSPS) is 11.4. The van der Waals surface area contributed by atoms with Gasteiger partial charge in [-0.3, -0.25) is 14.4 Å². The third kappa shape index (κ3) is 29.8. The van der Waals surface area contributed by atoms with Crippen molar-refractivity contribution in [3.8, 4) is 0 Å². The molecule has 450 valence electrons. The van der Waals surface area contributed by atoms with Crippen LogP contribution in [0.2, 0.25) is 0 Å². The highest BCUT2D eigenvalue weighted by molar-refractivity contribution is 14.1. The van der Waals surface area contributed by atoms with Crippen LogP contribution in [0.3, 0.4) is 0 Å². The molecular weight excluding hydrogens is 1200 g/mol. The second kappa shape index (κ2) is 38.2. The molecule has 0 aliphatic rings. The van der Waals surface area contributed by atoms with Gasteiger partial charge in [0.25, 0.3) is 0 Å². The van der Waals surface area contributed by atoms with Gasteiger partial charge in [0, 0.05) is 42.4 Å². The summed E-state index contributed by atoms with van der Waals surface area (Å²) >= 11 is 1.97. The van der Waals surface area contributed by atoms with Crippen LogP contribution >= 0.6 is 22.6 Å². The lowest BCUT2D eigenvalue weighted by Crippen LogP contribution is -2.42. The number of ether oxygens (including phenoxy) is 2. The van der Waals surface area contributed by atoms with Gasteiger partial charge in [0.1, 0.15) is 46.6 Å². The quantitative estimate of drug-likeness (QED) is 0.0178. The number of carbonyl (C=O) groups is 5. The van der Waals surface area contributed by atoms with Crippen molar-refractivity contribution in [2.75, 3.05) is 33.2 Å². The fraction of sp³-hybridized carbons (Fsp3) is 0.306. The van der Waals surface area contributed by atoms with Crippen LogP contribution in [-0.2, 0) is 52.7 Å². The maximum atomic E-state index is 13.7. The zero-order valence-electron chi connectivity index (χ0n) is 48.3. The molecule has 3 atom stereocenters. The first kappa shape index (κ1) is 73.4. The van der Waals surface area contributed by atoms with Crippen molar-refractivity contribution in [2.24, 2.45) is 5.73 Å². The number of hydrogen-bond acceptors (Lipinski definition) is 11. The molecule has 0 fully saturated rings. The number of nitrogen functional groups attached to an aromatic ring is 1. The zero-order valence-corrected chi connectivity index (χ0v) is 50.4. The van der Waals surface area contributed by atoms with Crippen LogP contribution in [0.25, 0.3) is 6.08 Å². The van der Waals surface area contributed by atoms with Crippen LogP contribution in [0.5, 0.6) is 0 Å². The monoisotopic (exact) mass is 1270 g/mol. The topological polar surface area (TPSA) is 232 Å². The molecule has 0 aliphatic heterocycles. The largest absolute Gasteiger partial charge is 0.467 e. The number of anilines is 1. The molecule has 6 aromatic carbocycles. The minimum Gasteiger partial charge on any atom is -0.467 e. The Labute approximate surface area is 495 Å². The van der Waals surface area contributed by atoms with E-state index < -0.39 is 41.6 Å². The fourth-order valence-corrected chi connectivity index (χ4v) is 7.23. The van der Waals surface area contributed by atoms with Crippen LogP contribution < -0.4 is 27.4 Å². The Bertz CT molecular complexity index is 3080. The minimum absolute atomic E-state index is 0.0678. The number of esters is 2. The maximum absolute atomic E-state index is 13.7. The van der Waals surface area contributed by atoms with Crippen LogP contribution in [0, 0.1) is 80.0 Å². The maximum Gasteiger partial charge on any atom is 0.354 e. The number of aliphatic hydroxyl groups excluding tert-OH is 2. The van der Waals surface area contributed by atoms with Crippen molar-refractivity contribution in [3.63, 3.8) is 0 Å². The number of halogens is 7. The van der Waals surface area contributed by atoms with Crippen molar-refractivity contribution >= 4 is 64.0 Å². The summed E-state index contributed by atoms with van der Waals surface area (Å²) in [5.74, 6) is -4.23. The Morgan fingerprint density at radius 2 is 0.940 bits per heavy atom. The van der Waals surface area contributed by atoms with Gasteiger partial charge >= 0.3 is 11.9 Å². The molecule has 0 aliphatic carbocycles. The van der Waals surface area contributed by atoms with E-state index in [-0.39, 0.29) is 77.7 Å². The Balaban J connectivity index is 0.000000507. The molecule has 14 nitrogen and oxygen atoms in total. The molecule has 0 spiro atoms. The second-order valence-corrected chi connectivity index (χ2v) is 20.1. The summed E-state index contributed by atoms with van der Waals surface area (Å²) < 4.78 is 88.7. The Morgan fingerprint density at radius 3 is 1.30 bits per heavy atom. The molecule has 6 rings (SSSR count). The Morgan fingerprint density at radius 1 is 0.530 bits per heavy atom. The number of nitrogens with one attached hydrogen (secondary N) is 3. The van der Waals surface area contributed by atoms with E-state index in [1.54, 1.807) is 68.4 Å². The molecule has 0 radical (unpaired) electrons. The zero-order chi connectivity index (χ0) is 63.1. The van der Waals surface area contributed by atoms with Crippen molar-refractivity contribution in [1.82, 2.24) is 16.0 Å². The predicted octanol–water partition coefficient (Wildman–Crippen LogP) is 9.76. The van der Waals surface area contributed by atoms with Gasteiger partial charge in [0.15, 0.2) is 0 Å². The van der Waals surface area contributed by atoms with E-state index in [4.69, 9.17) is 21.7 Å². The number of amides is 3. The lowest BCUT2D eigenvalue weighted by molar-refractivity contribution is -0.144. The average molecular weight is 1270 g/mol. The molecule has 0 saturated carbocycles. The third-order valence-electron chi connectivity index (χ3n) is 11.1. The van der Waals surface area contributed by atoms with Gasteiger partial charge in [-0.25, -0.2) is 35.9 Å². The number of aryl methyl sites for hydroxylation is 6. The van der Waals surface area contributed by atoms with E-state index in [0.717, 1.165) is 33.4 Å². The smallest absolute Gasteiger partial charge is 0.354 e. The van der Waals surface area contributed by atoms with Gasteiger partial charge in [-0.1, -0.05) is 60.7 Å². The summed E-state index contributed by atoms with van der Waals surface area (Å²) in [7, 11) is 2.41. The number of benzene rings is 6. The number of hydrogen-bond donors (Lipinski definition) is 7. The number of methoxy groups -OCH3 is 2. The summed E-state index contributed by atoms with van der Waals surface area (Å²) in [4.78, 5) is 55.6. The fourth-order valence-electron chi connectivity index (χ4n) is 6.90. The van der Waals surface area contributed by atoms with E-state index in [1.807, 2.05) is 62.4 Å². The molecule has 83 heavy (non-hydrogen) atoms. The molecule has 0 bridgehead atoms. The van der Waals surface area contributed by atoms with Gasteiger partial charge < -0.3 is 47.1 Å². The summed E-state index contributed by atoms with van der Waals surface area (Å²) in [6.45, 7) is 14.5. The van der Waals surface area contributed by atoms with E-state index in [9.17, 15) is 50.3 Å². The first-order valence-corrected chi connectivity index (χ1v) is 26.6. The van der Waals surface area contributed by atoms with Crippen molar-refractivity contribution < 1.29 is 70.0 Å². The SMILES string of the molecule is CC(=O)N[C@H](CO)Cc1ccc(C)cc1F.COC(=O)/C(=C/c1ccc(C)cc1F)NC(C)=O.COC(=O)[C@H](Cc1ccc(C)cc1F)NC(C)=O.Cc1ccc(C[C@H](N)CO)c(F)c1.Cc1ccc(I)c(F)c1.Cc1ccc(N)c(F)c1. The molecule has 3 amide bonds. The predicted molar refractivity (Wildman–Crippen MR) is 318 cm³/mol. The van der Waals surface area contributed by atoms with E-state index in [1.165, 1.54) is 83.5 Å². The molecule has 0 heterocycles. The highest BCUT2D eigenvalue weighted by Gasteiger charge is 2.22. The van der Waals surface area contributed by atoms with Crippen molar-refractivity contribution in [3.05, 3.63) is 209 Å². The lowest BCUT2D eigenvalue weighted by Gasteiger charge is -2.16. The molecule has 0 aromatic heterocycles. The Hall–Kier alpha value is -7.60. The van der Waals surface area contributed by atoms with Crippen molar-refractivity contribution in [1.29, 1.82) is 0 Å². The first-order chi connectivity index (χ1) is 38.9. The standard InChI is InChI=1S/C13H16FNO3.C13H14FNO3.C12H16FNO2.C10H14FNO.C7H6FI.C7H8FN/c2*1-8-4-5-10(11(14)6-8)7-12(13(17)18-3)15-9(2)16;1-8-3-4-10(12(13)5-8)6-11(7-15)14-9(2)16;1-7-2-3-8(10(11)4-7)5-9(12)6-13;2*1-5-2-3-7(9)6(8)4-5/h4-6,12H,7H2,1-3H3,(H,15,16);4-7H,1-3H3,(H,15,16);3-5,11,15H,6-7H2,1-2H3,(H,14,16);2-4,9,13H,5-6,12H2,1H3;2-4H,1H3;2-4H,9H2,1H3/b;12-7-;;;;/t12-;;11-;9-;;/m0.00../s1. The Kier molecular flexibility index (Phi) is 33.8. The van der Waals surface area contributed by atoms with Crippen LogP contribution in [0.1, 0.15) is 76.4 Å². The highest BCUT2D eigenvalue weighted by atomic mass is 127. The van der Waals surface area contributed by atoms with E-state index in [2.05, 4.69) is 25.4 Å². The van der Waals surface area contributed by atoms with Crippen LogP contribution in [0.4, 0.5) is 32.0 Å². The number of carbonyl (C=O) groups excluding carboxylic acids is 5. The number of rotatable bonds is 14. The highest BCUT2D eigenvalue weighted by Crippen LogP contribution is 2.17. The summed E-state index contributed by atoms with van der Waals surface area (Å²) in [6.07, 6.45) is 1.98. The minimum atomic E-state index is -0.871. The third-order valence-corrected chi connectivity index (χ3v) is 12.0. The van der Waals surface area contributed by atoms with E-state index in [0.29, 0.717) is 33.1 Å². The summed E-state index contributed by atoms with van der Waals surface area (Å²) in [5.41, 5.74) is 17.6. The number of nitrogens with two attached hydrogens (primary N) is 2. The van der Waals surface area contributed by atoms with Crippen molar-refractivity contribution in [2.45, 2.75) is 99.7 Å². The molecular formula is C62H74F6IN5O9. The van der Waals surface area contributed by atoms with Crippen LogP contribution in [-0.4, -0.2) is 85.4 Å². The molecule has 21 heteroatoms. The lowest BCUT2D eigenvalue weighted by atomic mass is 10.0. The average Bonchev–Trinajstić information content (AvgIpc) is 3.44. The number of aliphatic hydroxyl groups is 2. The summed E-state index contributed by atoms with van der Waals surface area (Å²) in [5, 5.41) is 25.0. The first-order valence-electron chi connectivity index (χ1n) is 25.5. The van der Waals surface area contributed by atoms with Gasteiger partial charge in [0.2, 0.25) is 17.7 Å². The van der Waals surface area contributed by atoms with Crippen LogP contribution in [0.15, 0.2) is 115 Å². The van der Waals surface area contributed by atoms with Gasteiger partial charge in [-0.2, -0.15) is 0 Å². The molecule has 0 saturated heterocycles. The molecule has 9 N–H and O–H groups in total.